The van der Waals surface area contributed by atoms with Crippen molar-refractivity contribution in [2.75, 3.05) is 21.3 Å². The molecule has 112 valence electrons. The first-order chi connectivity index (χ1) is 9.33. The van der Waals surface area contributed by atoms with E-state index in [0.717, 1.165) is 5.56 Å². The molecule has 1 aromatic rings. The van der Waals surface area contributed by atoms with Crippen LogP contribution < -0.4 is 15.2 Å². The van der Waals surface area contributed by atoms with E-state index in [1.165, 1.54) is 7.11 Å². The molecule has 1 atom stereocenters. The summed E-state index contributed by atoms with van der Waals surface area (Å²) in [4.78, 5) is 11.6. The summed E-state index contributed by atoms with van der Waals surface area (Å²) in [6.07, 6.45) is 0.197. The predicted molar refractivity (Wildman–Crippen MR) is 77.2 cm³/mol. The number of carbonyl (C=O) groups is 1. The highest BCUT2D eigenvalue weighted by atomic mass is 16.5. The van der Waals surface area contributed by atoms with E-state index >= 15 is 0 Å². The third-order valence-electron chi connectivity index (χ3n) is 3.31. The summed E-state index contributed by atoms with van der Waals surface area (Å²) in [5.41, 5.74) is 6.49. The van der Waals surface area contributed by atoms with E-state index in [0.29, 0.717) is 11.5 Å². The molecule has 1 unspecified atom stereocenters. The van der Waals surface area contributed by atoms with Crippen LogP contribution in [0, 0.1) is 0 Å². The average Bonchev–Trinajstić information content (AvgIpc) is 2.42. The zero-order valence-electron chi connectivity index (χ0n) is 12.7. The van der Waals surface area contributed by atoms with Crippen LogP contribution in [-0.2, 0) is 9.53 Å². The van der Waals surface area contributed by atoms with Gasteiger partial charge in [0, 0.05) is 17.5 Å². The molecule has 0 aliphatic carbocycles. The monoisotopic (exact) mass is 281 g/mol. The minimum Gasteiger partial charge on any atom is -0.497 e. The molecule has 0 heterocycles. The third kappa shape index (κ3) is 3.87. The first-order valence-corrected chi connectivity index (χ1v) is 6.41. The molecule has 5 heteroatoms. The Labute approximate surface area is 120 Å². The maximum absolute atomic E-state index is 11.6. The van der Waals surface area contributed by atoms with Crippen molar-refractivity contribution in [1.29, 1.82) is 0 Å². The van der Waals surface area contributed by atoms with Crippen molar-refractivity contribution in [3.05, 3.63) is 23.8 Å². The van der Waals surface area contributed by atoms with Gasteiger partial charge < -0.3 is 19.9 Å². The summed E-state index contributed by atoms with van der Waals surface area (Å²) in [7, 11) is 4.54. The number of benzene rings is 1. The molecular weight excluding hydrogens is 258 g/mol. The van der Waals surface area contributed by atoms with E-state index in [1.807, 2.05) is 26.0 Å². The van der Waals surface area contributed by atoms with Crippen LogP contribution in [0.5, 0.6) is 11.5 Å². The highest BCUT2D eigenvalue weighted by Gasteiger charge is 2.31. The van der Waals surface area contributed by atoms with Gasteiger partial charge in [-0.05, 0) is 25.5 Å². The molecule has 0 spiro atoms. The molecule has 20 heavy (non-hydrogen) atoms. The molecule has 5 nitrogen and oxygen atoms in total. The quantitative estimate of drug-likeness (QED) is 0.808. The van der Waals surface area contributed by atoms with Gasteiger partial charge in [0.2, 0.25) is 0 Å². The lowest BCUT2D eigenvalue weighted by atomic mass is 9.80. The lowest BCUT2D eigenvalue weighted by Crippen LogP contribution is -2.40. The van der Waals surface area contributed by atoms with Gasteiger partial charge in [-0.25, -0.2) is 0 Å². The van der Waals surface area contributed by atoms with E-state index in [1.54, 1.807) is 20.3 Å². The van der Waals surface area contributed by atoms with Crippen LogP contribution in [0.3, 0.4) is 0 Å². The lowest BCUT2D eigenvalue weighted by Gasteiger charge is -2.31. The smallest absolute Gasteiger partial charge is 0.306 e. The molecule has 0 saturated carbocycles. The molecular formula is C15H23NO4. The number of ether oxygens (including phenoxy) is 3. The van der Waals surface area contributed by atoms with Crippen molar-refractivity contribution >= 4 is 5.97 Å². The van der Waals surface area contributed by atoms with Crippen LogP contribution in [0.4, 0.5) is 0 Å². The Bertz CT molecular complexity index is 465. The van der Waals surface area contributed by atoms with Crippen molar-refractivity contribution in [2.45, 2.75) is 31.7 Å². The van der Waals surface area contributed by atoms with E-state index < -0.39 is 5.54 Å². The number of nitrogens with two attached hydrogens (primary N) is 1. The lowest BCUT2D eigenvalue weighted by molar-refractivity contribution is -0.141. The molecule has 0 fully saturated rings. The van der Waals surface area contributed by atoms with Crippen LogP contribution in [0.2, 0.25) is 0 Å². The second-order valence-electron chi connectivity index (χ2n) is 5.26. The Balaban J connectivity index is 3.23. The van der Waals surface area contributed by atoms with Gasteiger partial charge >= 0.3 is 5.97 Å². The summed E-state index contributed by atoms with van der Waals surface area (Å²) in [5.74, 6) is 0.830. The SMILES string of the molecule is COC(=O)CC(c1ccc(OC)cc1OC)C(C)(C)N. The van der Waals surface area contributed by atoms with Crippen LogP contribution in [0.1, 0.15) is 31.7 Å². The summed E-state index contributed by atoms with van der Waals surface area (Å²) in [6.45, 7) is 3.76. The number of rotatable bonds is 6. The van der Waals surface area contributed by atoms with Gasteiger partial charge in [-0.15, -0.1) is 0 Å². The minimum atomic E-state index is -0.587. The maximum atomic E-state index is 11.6. The second kappa shape index (κ2) is 6.61. The van der Waals surface area contributed by atoms with Crippen molar-refractivity contribution in [3.8, 4) is 11.5 Å². The predicted octanol–water partition coefficient (Wildman–Crippen LogP) is 2.09. The topological polar surface area (TPSA) is 70.8 Å². The fourth-order valence-electron chi connectivity index (χ4n) is 2.13. The van der Waals surface area contributed by atoms with Crippen LogP contribution >= 0.6 is 0 Å². The summed E-state index contributed by atoms with van der Waals surface area (Å²) >= 11 is 0. The first kappa shape index (κ1) is 16.3. The van der Waals surface area contributed by atoms with E-state index in [9.17, 15) is 4.79 Å². The summed E-state index contributed by atoms with van der Waals surface area (Å²) in [6, 6.07) is 5.49. The molecule has 0 aromatic heterocycles. The van der Waals surface area contributed by atoms with Crippen molar-refractivity contribution in [1.82, 2.24) is 0 Å². The van der Waals surface area contributed by atoms with Gasteiger partial charge in [0.05, 0.1) is 27.8 Å². The van der Waals surface area contributed by atoms with Gasteiger partial charge in [-0.3, -0.25) is 4.79 Å². The zero-order chi connectivity index (χ0) is 15.3. The Hall–Kier alpha value is -1.75. The fourth-order valence-corrected chi connectivity index (χ4v) is 2.13. The molecule has 0 saturated heterocycles. The molecule has 0 amide bonds. The number of esters is 1. The van der Waals surface area contributed by atoms with Crippen LogP contribution in [-0.4, -0.2) is 32.8 Å². The van der Waals surface area contributed by atoms with Crippen LogP contribution in [0.25, 0.3) is 0 Å². The summed E-state index contributed by atoms with van der Waals surface area (Å²) < 4.78 is 15.3. The Morgan fingerprint density at radius 3 is 2.35 bits per heavy atom. The molecule has 1 rings (SSSR count). The number of hydrogen-bond acceptors (Lipinski definition) is 5. The largest absolute Gasteiger partial charge is 0.497 e. The van der Waals surface area contributed by atoms with Gasteiger partial charge in [-0.1, -0.05) is 6.07 Å². The fraction of sp³-hybridized carbons (Fsp3) is 0.533. The summed E-state index contributed by atoms with van der Waals surface area (Å²) in [5, 5.41) is 0. The zero-order valence-corrected chi connectivity index (χ0v) is 12.7. The Morgan fingerprint density at radius 2 is 1.90 bits per heavy atom. The third-order valence-corrected chi connectivity index (χ3v) is 3.31. The van der Waals surface area contributed by atoms with Gasteiger partial charge in [0.1, 0.15) is 11.5 Å². The van der Waals surface area contributed by atoms with Crippen molar-refractivity contribution in [2.24, 2.45) is 5.73 Å². The molecule has 1 aromatic carbocycles. The van der Waals surface area contributed by atoms with E-state index in [4.69, 9.17) is 19.9 Å². The van der Waals surface area contributed by atoms with Crippen molar-refractivity contribution < 1.29 is 19.0 Å². The first-order valence-electron chi connectivity index (χ1n) is 6.41. The highest BCUT2D eigenvalue weighted by molar-refractivity contribution is 5.71. The molecule has 0 radical (unpaired) electrons. The van der Waals surface area contributed by atoms with Crippen molar-refractivity contribution in [3.63, 3.8) is 0 Å². The van der Waals surface area contributed by atoms with Gasteiger partial charge in [0.25, 0.3) is 0 Å². The Morgan fingerprint density at radius 1 is 1.25 bits per heavy atom. The molecule has 0 aliphatic heterocycles. The van der Waals surface area contributed by atoms with E-state index in [2.05, 4.69) is 0 Å². The highest BCUT2D eigenvalue weighted by Crippen LogP contribution is 2.37. The van der Waals surface area contributed by atoms with Gasteiger partial charge in [-0.2, -0.15) is 0 Å². The number of methoxy groups -OCH3 is 3. The number of carbonyl (C=O) groups excluding carboxylic acids is 1. The minimum absolute atomic E-state index is 0.197. The van der Waals surface area contributed by atoms with E-state index in [-0.39, 0.29) is 18.3 Å². The number of hydrogen-bond donors (Lipinski definition) is 1. The van der Waals surface area contributed by atoms with Crippen LogP contribution in [0.15, 0.2) is 18.2 Å². The second-order valence-corrected chi connectivity index (χ2v) is 5.26. The molecule has 0 aliphatic rings. The standard InChI is InChI=1S/C15H23NO4/c1-15(2,16)12(9-14(17)20-5)11-7-6-10(18-3)8-13(11)19-4/h6-8,12H,9,16H2,1-5H3. The average molecular weight is 281 g/mol. The maximum Gasteiger partial charge on any atom is 0.306 e. The molecule has 0 bridgehead atoms. The van der Waals surface area contributed by atoms with Gasteiger partial charge in [0.15, 0.2) is 0 Å². The molecule has 2 N–H and O–H groups in total. The normalized spacial score (nSPS) is 12.7. The Kier molecular flexibility index (Phi) is 5.39.